The van der Waals surface area contributed by atoms with Gasteiger partial charge >= 0.3 is 0 Å². The SMILES string of the molecule is COc1cccc(-n2cc(C3NC(=O)c4ccccc4N3)nn2)c1. The van der Waals surface area contributed by atoms with Crippen LogP contribution in [0.5, 0.6) is 5.75 Å². The molecule has 2 N–H and O–H groups in total. The molecule has 1 aromatic heterocycles. The van der Waals surface area contributed by atoms with Gasteiger partial charge in [-0.2, -0.15) is 0 Å². The van der Waals surface area contributed by atoms with E-state index < -0.39 is 6.17 Å². The molecule has 0 aliphatic carbocycles. The van der Waals surface area contributed by atoms with Gasteiger partial charge in [0.15, 0.2) is 0 Å². The fourth-order valence-corrected chi connectivity index (χ4v) is 2.64. The van der Waals surface area contributed by atoms with E-state index in [0.29, 0.717) is 11.3 Å². The van der Waals surface area contributed by atoms with Gasteiger partial charge in [0.25, 0.3) is 5.91 Å². The van der Waals surface area contributed by atoms with Crippen LogP contribution in [-0.4, -0.2) is 28.0 Å². The van der Waals surface area contributed by atoms with Crippen LogP contribution in [-0.2, 0) is 0 Å². The lowest BCUT2D eigenvalue weighted by Gasteiger charge is -2.26. The van der Waals surface area contributed by atoms with Gasteiger partial charge < -0.3 is 15.4 Å². The summed E-state index contributed by atoms with van der Waals surface area (Å²) in [6.07, 6.45) is 1.35. The molecule has 0 bridgehead atoms. The van der Waals surface area contributed by atoms with Crippen molar-refractivity contribution < 1.29 is 9.53 Å². The Hall–Kier alpha value is -3.35. The Morgan fingerprint density at radius 1 is 1.12 bits per heavy atom. The van der Waals surface area contributed by atoms with E-state index in [4.69, 9.17) is 4.74 Å². The summed E-state index contributed by atoms with van der Waals surface area (Å²) in [5, 5.41) is 14.5. The molecule has 1 aliphatic rings. The first-order valence-corrected chi connectivity index (χ1v) is 7.48. The fourth-order valence-electron chi connectivity index (χ4n) is 2.64. The first-order chi connectivity index (χ1) is 11.7. The number of fused-ring (bicyclic) bond motifs is 1. The van der Waals surface area contributed by atoms with E-state index in [2.05, 4.69) is 20.9 Å². The number of benzene rings is 2. The number of nitrogens with one attached hydrogen (secondary N) is 2. The number of ether oxygens (including phenoxy) is 1. The summed E-state index contributed by atoms with van der Waals surface area (Å²) in [7, 11) is 1.62. The van der Waals surface area contributed by atoms with Crippen LogP contribution in [0.15, 0.2) is 54.7 Å². The lowest BCUT2D eigenvalue weighted by molar-refractivity contribution is 0.0935. The Morgan fingerprint density at radius 3 is 2.88 bits per heavy atom. The smallest absolute Gasteiger partial charge is 0.255 e. The van der Waals surface area contributed by atoms with Crippen molar-refractivity contribution in [3.63, 3.8) is 0 Å². The normalized spacial score (nSPS) is 16.0. The summed E-state index contributed by atoms with van der Waals surface area (Å²) in [6, 6.07) is 14.9. The monoisotopic (exact) mass is 321 g/mol. The molecule has 1 atom stereocenters. The van der Waals surface area contributed by atoms with Crippen LogP contribution >= 0.6 is 0 Å². The maximum atomic E-state index is 12.2. The summed E-state index contributed by atoms with van der Waals surface area (Å²) in [5.41, 5.74) is 2.85. The van der Waals surface area contributed by atoms with Crippen molar-refractivity contribution >= 4 is 11.6 Å². The summed E-state index contributed by atoms with van der Waals surface area (Å²) in [6.45, 7) is 0. The van der Waals surface area contributed by atoms with Gasteiger partial charge in [-0.1, -0.05) is 23.4 Å². The van der Waals surface area contributed by atoms with Gasteiger partial charge in [-0.15, -0.1) is 5.10 Å². The number of aromatic nitrogens is 3. The Bertz CT molecular complexity index is 905. The maximum Gasteiger partial charge on any atom is 0.255 e. The van der Waals surface area contributed by atoms with E-state index in [9.17, 15) is 4.79 Å². The highest BCUT2D eigenvalue weighted by molar-refractivity contribution is 6.01. The first kappa shape index (κ1) is 14.3. The third-order valence-corrected chi connectivity index (χ3v) is 3.87. The van der Waals surface area contributed by atoms with Gasteiger partial charge in [-0.05, 0) is 24.3 Å². The van der Waals surface area contributed by atoms with E-state index >= 15 is 0 Å². The Balaban J connectivity index is 1.63. The highest BCUT2D eigenvalue weighted by Crippen LogP contribution is 2.25. The molecule has 7 nitrogen and oxygen atoms in total. The molecule has 2 heterocycles. The molecular weight excluding hydrogens is 306 g/mol. The number of para-hydroxylation sites is 1. The van der Waals surface area contributed by atoms with Gasteiger partial charge in [0.05, 0.1) is 24.6 Å². The molecule has 24 heavy (non-hydrogen) atoms. The topological polar surface area (TPSA) is 81.1 Å². The fraction of sp³-hybridized carbons (Fsp3) is 0.118. The largest absolute Gasteiger partial charge is 0.497 e. The Morgan fingerprint density at radius 2 is 2.00 bits per heavy atom. The van der Waals surface area contributed by atoms with Crippen LogP contribution in [0.3, 0.4) is 0 Å². The number of anilines is 1. The molecule has 0 spiro atoms. The van der Waals surface area contributed by atoms with Crippen LogP contribution in [0.1, 0.15) is 22.2 Å². The average molecular weight is 321 g/mol. The molecule has 4 rings (SSSR count). The van der Waals surface area contributed by atoms with Gasteiger partial charge in [0.1, 0.15) is 17.6 Å². The zero-order chi connectivity index (χ0) is 16.5. The van der Waals surface area contributed by atoms with Gasteiger partial charge in [-0.3, -0.25) is 4.79 Å². The lowest BCUT2D eigenvalue weighted by atomic mass is 10.1. The predicted molar refractivity (Wildman–Crippen MR) is 88.2 cm³/mol. The number of hydrogen-bond acceptors (Lipinski definition) is 5. The van der Waals surface area contributed by atoms with Crippen molar-refractivity contribution in [1.82, 2.24) is 20.3 Å². The number of rotatable bonds is 3. The molecule has 1 aliphatic heterocycles. The number of carbonyl (C=O) groups is 1. The number of nitrogens with zero attached hydrogens (tertiary/aromatic N) is 3. The van der Waals surface area contributed by atoms with Crippen LogP contribution in [0, 0.1) is 0 Å². The molecule has 0 saturated carbocycles. The second kappa shape index (κ2) is 5.69. The lowest BCUT2D eigenvalue weighted by Crippen LogP contribution is -2.38. The maximum absolute atomic E-state index is 12.2. The Labute approximate surface area is 138 Å². The minimum atomic E-state index is -0.424. The molecule has 1 amide bonds. The number of amides is 1. The molecule has 0 fully saturated rings. The van der Waals surface area contributed by atoms with Gasteiger partial charge in [0, 0.05) is 11.8 Å². The van der Waals surface area contributed by atoms with Crippen molar-refractivity contribution in [1.29, 1.82) is 0 Å². The summed E-state index contributed by atoms with van der Waals surface area (Å²) in [4.78, 5) is 12.2. The molecule has 7 heteroatoms. The van der Waals surface area contributed by atoms with Crippen molar-refractivity contribution in [2.75, 3.05) is 12.4 Å². The highest BCUT2D eigenvalue weighted by Gasteiger charge is 2.26. The third kappa shape index (κ3) is 2.45. The zero-order valence-corrected chi connectivity index (χ0v) is 12.9. The van der Waals surface area contributed by atoms with E-state index in [1.807, 2.05) is 42.5 Å². The molecule has 1 unspecified atom stereocenters. The van der Waals surface area contributed by atoms with Crippen molar-refractivity contribution in [3.8, 4) is 11.4 Å². The van der Waals surface area contributed by atoms with Crippen LogP contribution in [0.25, 0.3) is 5.69 Å². The standard InChI is InChI=1S/C17H15N5O2/c1-24-12-6-4-5-11(9-12)22-10-15(20-21-22)16-18-14-8-3-2-7-13(14)17(23)19-16/h2-10,16,18H,1H3,(H,19,23). The number of hydrogen-bond donors (Lipinski definition) is 2. The quantitative estimate of drug-likeness (QED) is 0.772. The zero-order valence-electron chi connectivity index (χ0n) is 12.9. The van der Waals surface area contributed by atoms with Crippen molar-refractivity contribution in [2.24, 2.45) is 0 Å². The minimum Gasteiger partial charge on any atom is -0.497 e. The third-order valence-electron chi connectivity index (χ3n) is 3.87. The highest BCUT2D eigenvalue weighted by atomic mass is 16.5. The second-order valence-corrected chi connectivity index (χ2v) is 5.39. The predicted octanol–water partition coefficient (Wildman–Crippen LogP) is 2.13. The van der Waals surface area contributed by atoms with E-state index in [0.717, 1.165) is 17.1 Å². The molecule has 2 aromatic carbocycles. The van der Waals surface area contributed by atoms with Crippen LogP contribution < -0.4 is 15.4 Å². The number of carbonyl (C=O) groups excluding carboxylic acids is 1. The average Bonchev–Trinajstić information content (AvgIpc) is 3.12. The van der Waals surface area contributed by atoms with Crippen LogP contribution in [0.2, 0.25) is 0 Å². The van der Waals surface area contributed by atoms with Crippen molar-refractivity contribution in [2.45, 2.75) is 6.17 Å². The van der Waals surface area contributed by atoms with Crippen molar-refractivity contribution in [3.05, 3.63) is 66.0 Å². The van der Waals surface area contributed by atoms with Gasteiger partial charge in [-0.25, -0.2) is 4.68 Å². The minimum absolute atomic E-state index is 0.134. The summed E-state index contributed by atoms with van der Waals surface area (Å²) in [5.74, 6) is 0.604. The first-order valence-electron chi connectivity index (χ1n) is 7.48. The summed E-state index contributed by atoms with van der Waals surface area (Å²) >= 11 is 0. The molecule has 3 aromatic rings. The molecular formula is C17H15N5O2. The molecule has 0 radical (unpaired) electrons. The van der Waals surface area contributed by atoms with Crippen LogP contribution in [0.4, 0.5) is 5.69 Å². The molecule has 120 valence electrons. The second-order valence-electron chi connectivity index (χ2n) is 5.39. The number of methoxy groups -OCH3 is 1. The molecule has 0 saturated heterocycles. The van der Waals surface area contributed by atoms with Gasteiger partial charge in [0.2, 0.25) is 0 Å². The summed E-state index contributed by atoms with van der Waals surface area (Å²) < 4.78 is 6.87. The Kier molecular flexibility index (Phi) is 3.38. The van der Waals surface area contributed by atoms with E-state index in [1.165, 1.54) is 0 Å². The van der Waals surface area contributed by atoms with E-state index in [1.54, 1.807) is 24.1 Å². The van der Waals surface area contributed by atoms with E-state index in [-0.39, 0.29) is 5.91 Å².